The van der Waals surface area contributed by atoms with Crippen molar-refractivity contribution in [3.8, 4) is 0 Å². The van der Waals surface area contributed by atoms with E-state index in [0.717, 1.165) is 23.7 Å². The number of aromatic nitrogens is 1. The van der Waals surface area contributed by atoms with Gasteiger partial charge in [-0.25, -0.2) is 0 Å². The third-order valence-electron chi connectivity index (χ3n) is 4.84. The smallest absolute Gasteiger partial charge is 0.270 e. The lowest BCUT2D eigenvalue weighted by Gasteiger charge is -2.35. The molecule has 1 atom stereocenters. The molecule has 126 valence electrons. The van der Waals surface area contributed by atoms with E-state index in [1.807, 2.05) is 40.1 Å². The molecule has 0 spiro atoms. The highest BCUT2D eigenvalue weighted by Gasteiger charge is 2.31. The van der Waals surface area contributed by atoms with Crippen LogP contribution in [0.15, 0.2) is 30.3 Å². The topological polar surface area (TPSA) is 65.6 Å². The zero-order valence-electron chi connectivity index (χ0n) is 13.5. The fourth-order valence-electron chi connectivity index (χ4n) is 3.46. The largest absolute Gasteiger partial charge is 0.368 e. The number of carbonyl (C=O) groups excluding carboxylic acids is 2. The predicted octanol–water partition coefficient (Wildman–Crippen LogP) is 1.63. The number of rotatable bonds is 2. The van der Waals surface area contributed by atoms with E-state index in [1.165, 1.54) is 0 Å². The lowest BCUT2D eigenvalue weighted by molar-refractivity contribution is -0.142. The minimum absolute atomic E-state index is 0.00425. The van der Waals surface area contributed by atoms with E-state index in [9.17, 15) is 9.59 Å². The first kappa shape index (κ1) is 15.2. The van der Waals surface area contributed by atoms with E-state index in [-0.39, 0.29) is 17.9 Å². The molecule has 2 fully saturated rings. The van der Waals surface area contributed by atoms with Gasteiger partial charge in [-0.15, -0.1) is 0 Å². The van der Waals surface area contributed by atoms with E-state index in [4.69, 9.17) is 4.74 Å². The molecule has 2 amide bonds. The molecule has 24 heavy (non-hydrogen) atoms. The summed E-state index contributed by atoms with van der Waals surface area (Å²) in [6.45, 7) is 2.95. The van der Waals surface area contributed by atoms with Crippen molar-refractivity contribution in [1.29, 1.82) is 0 Å². The number of aromatic amines is 1. The summed E-state index contributed by atoms with van der Waals surface area (Å²) in [6, 6.07) is 9.75. The van der Waals surface area contributed by atoms with Gasteiger partial charge in [0.15, 0.2) is 0 Å². The van der Waals surface area contributed by atoms with Gasteiger partial charge in [-0.2, -0.15) is 0 Å². The average molecular weight is 327 g/mol. The zero-order chi connectivity index (χ0) is 16.5. The summed E-state index contributed by atoms with van der Waals surface area (Å²) in [5.41, 5.74) is 1.57. The Labute approximate surface area is 140 Å². The number of H-pyrrole nitrogens is 1. The Kier molecular flexibility index (Phi) is 3.98. The van der Waals surface area contributed by atoms with Crippen molar-refractivity contribution in [1.82, 2.24) is 14.8 Å². The molecule has 3 heterocycles. The van der Waals surface area contributed by atoms with Crippen LogP contribution >= 0.6 is 0 Å². The summed E-state index contributed by atoms with van der Waals surface area (Å²) in [5, 5.41) is 1.04. The van der Waals surface area contributed by atoms with E-state index >= 15 is 0 Å². The highest BCUT2D eigenvalue weighted by atomic mass is 16.5. The maximum absolute atomic E-state index is 12.7. The molecule has 0 aliphatic carbocycles. The molecule has 1 N–H and O–H groups in total. The van der Waals surface area contributed by atoms with Crippen LogP contribution in [0.1, 0.15) is 23.3 Å². The Bertz CT molecular complexity index is 723. The van der Waals surface area contributed by atoms with Gasteiger partial charge in [0.2, 0.25) is 0 Å². The lowest BCUT2D eigenvalue weighted by Crippen LogP contribution is -2.52. The predicted molar refractivity (Wildman–Crippen MR) is 89.8 cm³/mol. The molecule has 2 aliphatic heterocycles. The number of para-hydroxylation sites is 1. The Balaban J connectivity index is 1.39. The quantitative estimate of drug-likeness (QED) is 0.912. The Morgan fingerprint density at radius 3 is 2.54 bits per heavy atom. The van der Waals surface area contributed by atoms with Crippen molar-refractivity contribution in [3.05, 3.63) is 36.0 Å². The van der Waals surface area contributed by atoms with Crippen LogP contribution in [0.5, 0.6) is 0 Å². The second-order valence-corrected chi connectivity index (χ2v) is 6.39. The molecule has 2 aliphatic rings. The van der Waals surface area contributed by atoms with Gasteiger partial charge in [0.1, 0.15) is 11.8 Å². The first-order valence-corrected chi connectivity index (χ1v) is 8.50. The number of fused-ring (bicyclic) bond motifs is 1. The number of ether oxygens (including phenoxy) is 1. The average Bonchev–Trinajstić information content (AvgIpc) is 3.30. The van der Waals surface area contributed by atoms with Gasteiger partial charge in [0.05, 0.1) is 0 Å². The highest BCUT2D eigenvalue weighted by molar-refractivity contribution is 5.98. The van der Waals surface area contributed by atoms with Crippen LogP contribution < -0.4 is 0 Å². The Morgan fingerprint density at radius 1 is 1.08 bits per heavy atom. The van der Waals surface area contributed by atoms with Crippen molar-refractivity contribution >= 4 is 22.7 Å². The number of nitrogens with one attached hydrogen (secondary N) is 1. The molecule has 0 unspecified atom stereocenters. The van der Waals surface area contributed by atoms with E-state index < -0.39 is 0 Å². The zero-order valence-corrected chi connectivity index (χ0v) is 13.5. The number of hydrogen-bond acceptors (Lipinski definition) is 3. The van der Waals surface area contributed by atoms with Crippen molar-refractivity contribution in [2.45, 2.75) is 18.9 Å². The lowest BCUT2D eigenvalue weighted by atomic mass is 10.2. The fourth-order valence-corrected chi connectivity index (χ4v) is 3.46. The first-order valence-electron chi connectivity index (χ1n) is 8.50. The monoisotopic (exact) mass is 327 g/mol. The van der Waals surface area contributed by atoms with Gasteiger partial charge >= 0.3 is 0 Å². The molecule has 2 saturated heterocycles. The molecule has 0 saturated carbocycles. The molecule has 6 heteroatoms. The van der Waals surface area contributed by atoms with Crippen LogP contribution in [-0.2, 0) is 9.53 Å². The van der Waals surface area contributed by atoms with Crippen LogP contribution in [0.4, 0.5) is 0 Å². The summed E-state index contributed by atoms with van der Waals surface area (Å²) in [6.07, 6.45) is 1.49. The number of nitrogens with zero attached hydrogens (tertiary/aromatic N) is 2. The van der Waals surface area contributed by atoms with Gasteiger partial charge in [-0.3, -0.25) is 9.59 Å². The highest BCUT2D eigenvalue weighted by Crippen LogP contribution is 2.18. The molecule has 6 nitrogen and oxygen atoms in total. The van der Waals surface area contributed by atoms with Crippen molar-refractivity contribution < 1.29 is 14.3 Å². The molecular formula is C18H21N3O3. The molecule has 0 bridgehead atoms. The van der Waals surface area contributed by atoms with Gasteiger partial charge < -0.3 is 19.5 Å². The minimum Gasteiger partial charge on any atom is -0.368 e. The van der Waals surface area contributed by atoms with E-state index in [2.05, 4.69) is 4.98 Å². The van der Waals surface area contributed by atoms with E-state index in [1.54, 1.807) is 0 Å². The third kappa shape index (κ3) is 2.78. The maximum Gasteiger partial charge on any atom is 0.270 e. The second-order valence-electron chi connectivity index (χ2n) is 6.39. The maximum atomic E-state index is 12.7. The number of amides is 2. The standard InChI is InChI=1S/C18H21N3O3/c22-17(15-12-13-4-1-2-5-14(13)19-15)20-7-9-21(10-8-20)18(23)16-6-3-11-24-16/h1-2,4-5,12,16,19H,3,6-11H2/t16-/m1/s1. The molecule has 1 aromatic heterocycles. The number of benzene rings is 1. The third-order valence-corrected chi connectivity index (χ3v) is 4.84. The van der Waals surface area contributed by atoms with Crippen molar-refractivity contribution in [2.75, 3.05) is 32.8 Å². The normalized spacial score (nSPS) is 21.4. The van der Waals surface area contributed by atoms with Crippen LogP contribution in [0, 0.1) is 0 Å². The second kappa shape index (κ2) is 6.28. The van der Waals surface area contributed by atoms with Crippen LogP contribution in [0.2, 0.25) is 0 Å². The van der Waals surface area contributed by atoms with Gasteiger partial charge in [0.25, 0.3) is 11.8 Å². The minimum atomic E-state index is -0.277. The number of piperazine rings is 1. The van der Waals surface area contributed by atoms with Crippen molar-refractivity contribution in [3.63, 3.8) is 0 Å². The summed E-state index contributed by atoms with van der Waals surface area (Å²) in [4.78, 5) is 31.8. The van der Waals surface area contributed by atoms with Crippen LogP contribution in [0.25, 0.3) is 10.9 Å². The molecule has 0 radical (unpaired) electrons. The molecule has 4 rings (SSSR count). The molecule has 2 aromatic rings. The van der Waals surface area contributed by atoms with Crippen LogP contribution in [-0.4, -0.2) is 65.5 Å². The molecular weight excluding hydrogens is 306 g/mol. The van der Waals surface area contributed by atoms with Gasteiger partial charge in [0, 0.05) is 43.7 Å². The van der Waals surface area contributed by atoms with E-state index in [0.29, 0.717) is 38.5 Å². The summed E-state index contributed by atoms with van der Waals surface area (Å²) in [5.74, 6) is 0.0700. The number of hydrogen-bond donors (Lipinski definition) is 1. The summed E-state index contributed by atoms with van der Waals surface area (Å²) >= 11 is 0. The van der Waals surface area contributed by atoms with Gasteiger partial charge in [-0.1, -0.05) is 18.2 Å². The first-order chi connectivity index (χ1) is 11.7. The summed E-state index contributed by atoms with van der Waals surface area (Å²) < 4.78 is 5.47. The van der Waals surface area contributed by atoms with Crippen molar-refractivity contribution in [2.24, 2.45) is 0 Å². The molecule has 1 aromatic carbocycles. The fraction of sp³-hybridized carbons (Fsp3) is 0.444. The summed E-state index contributed by atoms with van der Waals surface area (Å²) in [7, 11) is 0. The van der Waals surface area contributed by atoms with Crippen LogP contribution in [0.3, 0.4) is 0 Å². The van der Waals surface area contributed by atoms with Gasteiger partial charge in [-0.05, 0) is 25.0 Å². The SMILES string of the molecule is O=C(c1cc2ccccc2[nH]1)N1CCN(C(=O)[C@H]2CCCO2)CC1. The Morgan fingerprint density at radius 2 is 1.83 bits per heavy atom. The number of carbonyl (C=O) groups is 2. The Hall–Kier alpha value is -2.34.